The number of carbonyl (C=O) groups excluding carboxylic acids is 1. The minimum atomic E-state index is -0.711. The van der Waals surface area contributed by atoms with Gasteiger partial charge in [0.05, 0.1) is 18.2 Å². The third kappa shape index (κ3) is 4.38. The summed E-state index contributed by atoms with van der Waals surface area (Å²) in [6.45, 7) is 4.39. The Balaban J connectivity index is 1.75. The number of halogens is 2. The molecule has 0 saturated carbocycles. The summed E-state index contributed by atoms with van der Waals surface area (Å²) in [5, 5.41) is 19.9. The smallest absolute Gasteiger partial charge is 0.274 e. The number of pyridine rings is 1. The van der Waals surface area contributed by atoms with Crippen molar-refractivity contribution in [3.8, 4) is 16.3 Å². The Morgan fingerprint density at radius 1 is 1.33 bits per heavy atom. The van der Waals surface area contributed by atoms with E-state index < -0.39 is 22.9 Å². The normalized spacial score (nSPS) is 15.9. The van der Waals surface area contributed by atoms with Crippen LogP contribution in [0.3, 0.4) is 0 Å². The largest absolute Gasteiger partial charge is 0.503 e. The first-order chi connectivity index (χ1) is 15.7. The van der Waals surface area contributed by atoms with Crippen LogP contribution in [0.4, 0.5) is 4.39 Å². The summed E-state index contributed by atoms with van der Waals surface area (Å²) in [5.74, 6) is -1.51. The molecule has 0 saturated heterocycles. The molecular weight excluding hydrogens is 471 g/mol. The zero-order valence-corrected chi connectivity index (χ0v) is 19.8. The van der Waals surface area contributed by atoms with Crippen molar-refractivity contribution in [1.82, 2.24) is 19.7 Å². The van der Waals surface area contributed by atoms with Crippen LogP contribution in [0.25, 0.3) is 10.6 Å². The number of hydrogen-bond donors (Lipinski definition) is 1. The minimum Gasteiger partial charge on any atom is -0.503 e. The molecule has 1 aromatic carbocycles. The van der Waals surface area contributed by atoms with Gasteiger partial charge in [-0.15, -0.1) is 10.2 Å². The van der Waals surface area contributed by atoms with Crippen LogP contribution in [0.1, 0.15) is 40.9 Å². The molecule has 1 amide bonds. The molecule has 3 heterocycles. The van der Waals surface area contributed by atoms with Gasteiger partial charge in [0.1, 0.15) is 10.8 Å². The summed E-state index contributed by atoms with van der Waals surface area (Å²) in [5.41, 5.74) is -0.273. The van der Waals surface area contributed by atoms with Gasteiger partial charge in [0, 0.05) is 37.3 Å². The van der Waals surface area contributed by atoms with Gasteiger partial charge in [0.25, 0.3) is 5.91 Å². The fourth-order valence-corrected chi connectivity index (χ4v) is 4.87. The summed E-state index contributed by atoms with van der Waals surface area (Å²) in [6, 6.07) is 3.97. The lowest BCUT2D eigenvalue weighted by Gasteiger charge is -2.38. The van der Waals surface area contributed by atoms with E-state index in [9.17, 15) is 19.1 Å². The molecule has 8 nitrogen and oxygen atoms in total. The maximum Gasteiger partial charge on any atom is 0.274 e. The highest BCUT2D eigenvalue weighted by Gasteiger charge is 2.36. The van der Waals surface area contributed by atoms with E-state index in [0.29, 0.717) is 22.1 Å². The lowest BCUT2D eigenvalue weighted by Crippen LogP contribution is -2.48. The van der Waals surface area contributed by atoms with Gasteiger partial charge in [-0.05, 0) is 31.5 Å². The molecule has 1 aliphatic heterocycles. The SMILES string of the molecule is COC[C@H]1CN(C(C)C)C(=O)c2c(O)c(=O)c(-c3nnc(Cc4ccc(Cl)cc4F)s3)cn21. The standard InChI is InChI=1S/C22H22ClFN4O4S/c1-11(2)27-8-14(10-32-3)28-9-15(19(29)20(30)18(28)22(27)31)21-26-25-17(33-21)6-12-4-5-13(23)7-16(12)24/h4-5,7,9,11,14,30H,6,8,10H2,1-3H3/t14-/m1/s1. The van der Waals surface area contributed by atoms with E-state index in [-0.39, 0.29) is 41.4 Å². The van der Waals surface area contributed by atoms with Crippen molar-refractivity contribution >= 4 is 28.8 Å². The van der Waals surface area contributed by atoms with E-state index in [1.54, 1.807) is 28.7 Å². The average molecular weight is 493 g/mol. The van der Waals surface area contributed by atoms with Crippen molar-refractivity contribution < 1.29 is 19.0 Å². The second kappa shape index (κ2) is 9.20. The Morgan fingerprint density at radius 2 is 2.09 bits per heavy atom. The van der Waals surface area contributed by atoms with E-state index in [1.807, 2.05) is 13.8 Å². The van der Waals surface area contributed by atoms with Gasteiger partial charge in [0.15, 0.2) is 16.5 Å². The lowest BCUT2D eigenvalue weighted by molar-refractivity contribution is 0.0511. The molecular formula is C22H22ClFN4O4S. The van der Waals surface area contributed by atoms with Crippen LogP contribution in [-0.2, 0) is 11.2 Å². The quantitative estimate of drug-likeness (QED) is 0.565. The molecule has 33 heavy (non-hydrogen) atoms. The number of aromatic hydroxyl groups is 1. The van der Waals surface area contributed by atoms with Gasteiger partial charge in [-0.1, -0.05) is 29.0 Å². The zero-order valence-electron chi connectivity index (χ0n) is 18.2. The topological polar surface area (TPSA) is 97.6 Å². The first-order valence-electron chi connectivity index (χ1n) is 10.3. The fourth-order valence-electron chi connectivity index (χ4n) is 3.84. The molecule has 0 aliphatic carbocycles. The molecule has 0 bridgehead atoms. The van der Waals surface area contributed by atoms with Gasteiger partial charge < -0.3 is 19.3 Å². The summed E-state index contributed by atoms with van der Waals surface area (Å²) in [6.07, 6.45) is 1.69. The Labute approximate surface area is 198 Å². The van der Waals surface area contributed by atoms with Gasteiger partial charge in [-0.2, -0.15) is 0 Å². The predicted molar refractivity (Wildman–Crippen MR) is 123 cm³/mol. The van der Waals surface area contributed by atoms with Crippen molar-refractivity contribution in [2.24, 2.45) is 0 Å². The molecule has 1 aliphatic rings. The van der Waals surface area contributed by atoms with E-state index in [0.717, 1.165) is 11.3 Å². The van der Waals surface area contributed by atoms with E-state index >= 15 is 0 Å². The number of fused-ring (bicyclic) bond motifs is 1. The number of hydrogen-bond acceptors (Lipinski definition) is 7. The molecule has 3 aromatic rings. The number of rotatable bonds is 6. The van der Waals surface area contributed by atoms with Crippen molar-refractivity contribution in [2.45, 2.75) is 32.4 Å². The third-order valence-electron chi connectivity index (χ3n) is 5.51. The highest BCUT2D eigenvalue weighted by molar-refractivity contribution is 7.14. The van der Waals surface area contributed by atoms with Crippen molar-refractivity contribution in [1.29, 1.82) is 0 Å². The Hall–Kier alpha value is -2.82. The highest BCUT2D eigenvalue weighted by Crippen LogP contribution is 2.32. The van der Waals surface area contributed by atoms with Gasteiger partial charge in [0.2, 0.25) is 5.43 Å². The molecule has 0 radical (unpaired) electrons. The monoisotopic (exact) mass is 492 g/mol. The van der Waals surface area contributed by atoms with Crippen LogP contribution in [0.15, 0.2) is 29.2 Å². The Morgan fingerprint density at radius 3 is 2.76 bits per heavy atom. The second-order valence-electron chi connectivity index (χ2n) is 8.05. The molecule has 0 fully saturated rings. The first-order valence-corrected chi connectivity index (χ1v) is 11.4. The predicted octanol–water partition coefficient (Wildman–Crippen LogP) is 3.51. The summed E-state index contributed by atoms with van der Waals surface area (Å²) in [4.78, 5) is 27.6. The van der Waals surface area contributed by atoms with Crippen LogP contribution >= 0.6 is 22.9 Å². The Kier molecular flexibility index (Phi) is 6.51. The summed E-state index contributed by atoms with van der Waals surface area (Å²) in [7, 11) is 1.55. The molecule has 4 rings (SSSR count). The minimum absolute atomic E-state index is 0.0706. The van der Waals surface area contributed by atoms with Gasteiger partial charge >= 0.3 is 0 Å². The number of carbonyl (C=O) groups is 1. The van der Waals surface area contributed by atoms with Crippen LogP contribution < -0.4 is 5.43 Å². The molecule has 2 aromatic heterocycles. The van der Waals surface area contributed by atoms with Crippen molar-refractivity contribution in [3.05, 3.63) is 61.7 Å². The van der Waals surface area contributed by atoms with E-state index in [4.69, 9.17) is 16.3 Å². The number of nitrogens with zero attached hydrogens (tertiary/aromatic N) is 4. The molecule has 0 unspecified atom stereocenters. The summed E-state index contributed by atoms with van der Waals surface area (Å²) >= 11 is 6.92. The molecule has 11 heteroatoms. The van der Waals surface area contributed by atoms with E-state index in [2.05, 4.69) is 10.2 Å². The lowest BCUT2D eigenvalue weighted by atomic mass is 10.1. The highest BCUT2D eigenvalue weighted by atomic mass is 35.5. The van der Waals surface area contributed by atoms with E-state index in [1.165, 1.54) is 12.3 Å². The molecule has 1 atom stereocenters. The number of benzene rings is 1. The number of aromatic nitrogens is 3. The van der Waals surface area contributed by atoms with Crippen LogP contribution in [-0.4, -0.2) is 57.0 Å². The second-order valence-corrected chi connectivity index (χ2v) is 9.55. The maximum atomic E-state index is 14.1. The fraction of sp³-hybridized carbons (Fsp3) is 0.364. The number of methoxy groups -OCH3 is 1. The molecule has 0 spiro atoms. The number of ether oxygens (including phenoxy) is 1. The van der Waals surface area contributed by atoms with Crippen molar-refractivity contribution in [2.75, 3.05) is 20.3 Å². The average Bonchev–Trinajstić information content (AvgIpc) is 3.22. The van der Waals surface area contributed by atoms with Crippen LogP contribution in [0, 0.1) is 5.82 Å². The maximum absolute atomic E-state index is 14.1. The van der Waals surface area contributed by atoms with Crippen LogP contribution in [0.2, 0.25) is 5.02 Å². The summed E-state index contributed by atoms with van der Waals surface area (Å²) < 4.78 is 21.0. The van der Waals surface area contributed by atoms with Gasteiger partial charge in [-0.3, -0.25) is 9.59 Å². The number of amides is 1. The van der Waals surface area contributed by atoms with Gasteiger partial charge in [-0.25, -0.2) is 4.39 Å². The zero-order chi connectivity index (χ0) is 23.9. The first kappa shape index (κ1) is 23.3. The van der Waals surface area contributed by atoms with Crippen molar-refractivity contribution in [3.63, 3.8) is 0 Å². The molecule has 174 valence electrons. The molecule has 1 N–H and O–H groups in total. The van der Waals surface area contributed by atoms with Crippen LogP contribution in [0.5, 0.6) is 5.75 Å². The third-order valence-corrected chi connectivity index (χ3v) is 6.70. The Bertz CT molecular complexity index is 1280.